The molecule has 0 aromatic heterocycles. The minimum absolute atomic E-state index is 0.0353. The Labute approximate surface area is 103 Å². The van der Waals surface area contributed by atoms with Crippen LogP contribution >= 0.6 is 11.8 Å². The van der Waals surface area contributed by atoms with E-state index in [0.717, 1.165) is 24.3 Å². The molecule has 1 atom stereocenters. The molecule has 1 spiro atoms. The van der Waals surface area contributed by atoms with Crippen molar-refractivity contribution in [3.05, 3.63) is 0 Å². The number of nitrogens with one attached hydrogen (secondary N) is 1. The Morgan fingerprint density at radius 2 is 2.06 bits per heavy atom. The third kappa shape index (κ3) is 1.57. The highest BCUT2D eigenvalue weighted by molar-refractivity contribution is 7.99. The molecular weight excluding hydrogens is 240 g/mol. The van der Waals surface area contributed by atoms with Crippen molar-refractivity contribution >= 4 is 29.6 Å². The maximum Gasteiger partial charge on any atom is 0.331 e. The zero-order valence-electron chi connectivity index (χ0n) is 9.40. The highest BCUT2D eigenvalue weighted by Crippen LogP contribution is 2.49. The van der Waals surface area contributed by atoms with Crippen LogP contribution in [0.4, 0.5) is 4.79 Å². The summed E-state index contributed by atoms with van der Waals surface area (Å²) < 4.78 is 0. The van der Waals surface area contributed by atoms with Crippen molar-refractivity contribution in [2.24, 2.45) is 5.41 Å². The molecule has 0 radical (unpaired) electrons. The van der Waals surface area contributed by atoms with Gasteiger partial charge in [-0.3, -0.25) is 19.8 Å². The smallest absolute Gasteiger partial charge is 0.277 e. The van der Waals surface area contributed by atoms with Gasteiger partial charge in [-0.2, -0.15) is 11.8 Å². The molecule has 4 amide bonds. The maximum absolute atomic E-state index is 12.3. The summed E-state index contributed by atoms with van der Waals surface area (Å²) in [6.07, 6.45) is 3.05. The zero-order valence-corrected chi connectivity index (χ0v) is 10.2. The quantitative estimate of drug-likeness (QED) is 0.701. The molecule has 0 bridgehead atoms. The van der Waals surface area contributed by atoms with Crippen LogP contribution in [0.25, 0.3) is 0 Å². The van der Waals surface area contributed by atoms with Gasteiger partial charge in [0, 0.05) is 5.75 Å². The SMILES string of the molecule is O=C1NC(=O)C2(CC2)C(=O)N1C1CCCSC1. The van der Waals surface area contributed by atoms with Crippen molar-refractivity contribution in [2.75, 3.05) is 11.5 Å². The Kier molecular flexibility index (Phi) is 2.43. The van der Waals surface area contributed by atoms with Gasteiger partial charge in [0.15, 0.2) is 0 Å². The van der Waals surface area contributed by atoms with E-state index in [2.05, 4.69) is 5.32 Å². The van der Waals surface area contributed by atoms with Crippen molar-refractivity contribution in [1.82, 2.24) is 10.2 Å². The number of amides is 4. The van der Waals surface area contributed by atoms with E-state index >= 15 is 0 Å². The summed E-state index contributed by atoms with van der Waals surface area (Å²) >= 11 is 1.76. The first-order valence-corrected chi connectivity index (χ1v) is 7.07. The molecule has 2 heterocycles. The third-order valence-corrected chi connectivity index (χ3v) is 4.95. The van der Waals surface area contributed by atoms with Crippen LogP contribution in [0, 0.1) is 5.41 Å². The molecule has 1 saturated carbocycles. The first-order valence-electron chi connectivity index (χ1n) is 5.92. The fourth-order valence-electron chi connectivity index (χ4n) is 2.52. The van der Waals surface area contributed by atoms with Gasteiger partial charge in [0.1, 0.15) is 5.41 Å². The summed E-state index contributed by atoms with van der Waals surface area (Å²) in [7, 11) is 0. The first-order chi connectivity index (χ1) is 8.15. The van der Waals surface area contributed by atoms with Crippen molar-refractivity contribution in [1.29, 1.82) is 0 Å². The molecule has 6 heteroatoms. The van der Waals surface area contributed by atoms with E-state index < -0.39 is 17.4 Å². The van der Waals surface area contributed by atoms with Crippen LogP contribution < -0.4 is 5.32 Å². The highest BCUT2D eigenvalue weighted by Gasteiger charge is 2.63. The number of nitrogens with zero attached hydrogens (tertiary/aromatic N) is 1. The standard InChI is InChI=1S/C11H14N2O3S/c14-8-11(3-4-11)9(15)13(10(16)12-8)7-2-1-5-17-6-7/h7H,1-6H2,(H,12,14,16). The molecule has 3 rings (SSSR count). The number of urea groups is 1. The first kappa shape index (κ1) is 11.1. The Hall–Kier alpha value is -1.04. The van der Waals surface area contributed by atoms with Crippen LogP contribution in [-0.2, 0) is 9.59 Å². The van der Waals surface area contributed by atoms with E-state index in [9.17, 15) is 14.4 Å². The number of rotatable bonds is 1. The molecule has 1 N–H and O–H groups in total. The second-order valence-corrected chi connectivity index (χ2v) is 6.04. The molecular formula is C11H14N2O3S. The lowest BCUT2D eigenvalue weighted by Gasteiger charge is -2.37. The molecule has 1 aliphatic carbocycles. The van der Waals surface area contributed by atoms with Crippen molar-refractivity contribution in [2.45, 2.75) is 31.7 Å². The Morgan fingerprint density at radius 3 is 2.65 bits per heavy atom. The number of imide groups is 2. The summed E-state index contributed by atoms with van der Waals surface area (Å²) in [5.41, 5.74) is -0.893. The summed E-state index contributed by atoms with van der Waals surface area (Å²) in [5.74, 6) is 1.22. The summed E-state index contributed by atoms with van der Waals surface area (Å²) in [5, 5.41) is 2.33. The van der Waals surface area contributed by atoms with Crippen LogP contribution in [0.15, 0.2) is 0 Å². The predicted octanol–water partition coefficient (Wildman–Crippen LogP) is 0.741. The van der Waals surface area contributed by atoms with Crippen LogP contribution in [0.1, 0.15) is 25.7 Å². The highest BCUT2D eigenvalue weighted by atomic mass is 32.2. The number of thioether (sulfide) groups is 1. The molecule has 2 saturated heterocycles. The predicted molar refractivity (Wildman–Crippen MR) is 62.4 cm³/mol. The average molecular weight is 254 g/mol. The zero-order chi connectivity index (χ0) is 12.0. The van der Waals surface area contributed by atoms with Crippen molar-refractivity contribution in [3.8, 4) is 0 Å². The minimum atomic E-state index is -0.893. The van der Waals surface area contributed by atoms with Crippen LogP contribution in [0.3, 0.4) is 0 Å². The lowest BCUT2D eigenvalue weighted by molar-refractivity contribution is -0.145. The molecule has 0 aromatic carbocycles. The van der Waals surface area contributed by atoms with Crippen LogP contribution in [-0.4, -0.2) is 40.3 Å². The Bertz CT molecular complexity index is 400. The molecule has 5 nitrogen and oxygen atoms in total. The average Bonchev–Trinajstić information content (AvgIpc) is 3.10. The van der Waals surface area contributed by atoms with E-state index in [1.165, 1.54) is 4.90 Å². The number of hydrogen-bond acceptors (Lipinski definition) is 4. The Morgan fingerprint density at radius 1 is 1.29 bits per heavy atom. The molecule has 0 aromatic rings. The van der Waals surface area contributed by atoms with Gasteiger partial charge in [-0.1, -0.05) is 0 Å². The minimum Gasteiger partial charge on any atom is -0.277 e. The molecule has 3 fully saturated rings. The third-order valence-electron chi connectivity index (χ3n) is 3.75. The normalized spacial score (nSPS) is 31.6. The van der Waals surface area contributed by atoms with Crippen molar-refractivity contribution < 1.29 is 14.4 Å². The van der Waals surface area contributed by atoms with Gasteiger partial charge in [-0.25, -0.2) is 4.79 Å². The van der Waals surface area contributed by atoms with E-state index in [0.29, 0.717) is 12.8 Å². The van der Waals surface area contributed by atoms with Crippen molar-refractivity contribution in [3.63, 3.8) is 0 Å². The van der Waals surface area contributed by atoms with Crippen LogP contribution in [0.5, 0.6) is 0 Å². The fraction of sp³-hybridized carbons (Fsp3) is 0.727. The molecule has 1 unspecified atom stereocenters. The molecule has 17 heavy (non-hydrogen) atoms. The lowest BCUT2D eigenvalue weighted by atomic mass is 9.99. The molecule has 92 valence electrons. The van der Waals surface area contributed by atoms with Gasteiger partial charge in [0.05, 0.1) is 6.04 Å². The van der Waals surface area contributed by atoms with E-state index in [1.807, 2.05) is 0 Å². The van der Waals surface area contributed by atoms with E-state index in [1.54, 1.807) is 11.8 Å². The number of barbiturate groups is 1. The van der Waals surface area contributed by atoms with Gasteiger partial charge >= 0.3 is 6.03 Å². The summed E-state index contributed by atoms with van der Waals surface area (Å²) in [4.78, 5) is 37.0. The van der Waals surface area contributed by atoms with Gasteiger partial charge in [-0.05, 0) is 31.4 Å². The fourth-order valence-corrected chi connectivity index (χ4v) is 3.65. The topological polar surface area (TPSA) is 66.5 Å². The second kappa shape index (κ2) is 3.73. The number of carbonyl (C=O) groups is 3. The maximum atomic E-state index is 12.3. The monoisotopic (exact) mass is 254 g/mol. The number of hydrogen-bond donors (Lipinski definition) is 1. The van der Waals surface area contributed by atoms with Crippen LogP contribution in [0.2, 0.25) is 0 Å². The van der Waals surface area contributed by atoms with E-state index in [-0.39, 0.29) is 11.9 Å². The van der Waals surface area contributed by atoms with E-state index in [4.69, 9.17) is 0 Å². The largest absolute Gasteiger partial charge is 0.331 e. The summed E-state index contributed by atoms with van der Waals surface area (Å²) in [6.45, 7) is 0. The lowest BCUT2D eigenvalue weighted by Crippen LogP contribution is -2.62. The Balaban J connectivity index is 1.85. The molecule has 2 aliphatic heterocycles. The molecule has 3 aliphatic rings. The van der Waals surface area contributed by atoms with Gasteiger partial charge < -0.3 is 0 Å². The van der Waals surface area contributed by atoms with Gasteiger partial charge in [0.25, 0.3) is 0 Å². The van der Waals surface area contributed by atoms with Gasteiger partial charge in [0.2, 0.25) is 11.8 Å². The van der Waals surface area contributed by atoms with Gasteiger partial charge in [-0.15, -0.1) is 0 Å². The number of carbonyl (C=O) groups excluding carboxylic acids is 3. The second-order valence-electron chi connectivity index (χ2n) is 4.89. The summed E-state index contributed by atoms with van der Waals surface area (Å²) in [6, 6.07) is -0.558.